The van der Waals surface area contributed by atoms with Gasteiger partial charge >= 0.3 is 0 Å². The minimum Gasteiger partial charge on any atom is -0.351 e. The molecule has 1 aliphatic carbocycles. The first-order chi connectivity index (χ1) is 9.35. The monoisotopic (exact) mass is 258 g/mol. The zero-order valence-electron chi connectivity index (χ0n) is 11.0. The summed E-state index contributed by atoms with van der Waals surface area (Å²) >= 11 is 0. The van der Waals surface area contributed by atoms with Crippen molar-refractivity contribution in [3.8, 4) is 6.07 Å². The molecule has 0 bridgehead atoms. The summed E-state index contributed by atoms with van der Waals surface area (Å²) in [5.41, 5.74) is 0. The molecule has 1 saturated carbocycles. The fourth-order valence-electron chi connectivity index (χ4n) is 2.45. The van der Waals surface area contributed by atoms with Gasteiger partial charge in [0.25, 0.3) is 0 Å². The summed E-state index contributed by atoms with van der Waals surface area (Å²) in [5, 5.41) is 12.3. The van der Waals surface area contributed by atoms with Crippen molar-refractivity contribution in [2.24, 2.45) is 0 Å². The van der Waals surface area contributed by atoms with Gasteiger partial charge in [0, 0.05) is 19.1 Å². The molecule has 1 aromatic heterocycles. The molecule has 0 atom stereocenters. The van der Waals surface area contributed by atoms with Crippen LogP contribution in [0, 0.1) is 11.3 Å². The predicted octanol–water partition coefficient (Wildman–Crippen LogP) is 1.70. The zero-order chi connectivity index (χ0) is 13.1. The standard InChI is InChI=1S/C13H18N6/c14-9-11-16-12(15-10-5-4-6-10)18-13(17-11)19-7-2-1-3-8-19/h10H,1-8H2,(H,15,16,17,18). The molecule has 0 amide bonds. The Balaban J connectivity index is 1.81. The third-order valence-corrected chi connectivity index (χ3v) is 3.80. The zero-order valence-corrected chi connectivity index (χ0v) is 11.0. The average Bonchev–Trinajstić information content (AvgIpc) is 2.43. The van der Waals surface area contributed by atoms with Crippen LogP contribution in [0.4, 0.5) is 11.9 Å². The van der Waals surface area contributed by atoms with E-state index in [1.54, 1.807) is 0 Å². The maximum absolute atomic E-state index is 9.04. The first-order valence-electron chi connectivity index (χ1n) is 7.03. The van der Waals surface area contributed by atoms with E-state index < -0.39 is 0 Å². The van der Waals surface area contributed by atoms with E-state index in [9.17, 15) is 0 Å². The van der Waals surface area contributed by atoms with Crippen molar-refractivity contribution in [1.82, 2.24) is 15.0 Å². The van der Waals surface area contributed by atoms with Crippen LogP contribution >= 0.6 is 0 Å². The van der Waals surface area contributed by atoms with Gasteiger partial charge in [-0.2, -0.15) is 20.2 Å². The maximum atomic E-state index is 9.04. The number of anilines is 2. The van der Waals surface area contributed by atoms with E-state index in [1.165, 1.54) is 25.7 Å². The van der Waals surface area contributed by atoms with Gasteiger partial charge in [0.05, 0.1) is 0 Å². The average molecular weight is 258 g/mol. The van der Waals surface area contributed by atoms with Crippen LogP contribution in [0.1, 0.15) is 44.3 Å². The number of nitrogens with one attached hydrogen (secondary N) is 1. The Hall–Kier alpha value is -1.90. The van der Waals surface area contributed by atoms with Gasteiger partial charge in [-0.15, -0.1) is 0 Å². The van der Waals surface area contributed by atoms with Crippen LogP contribution in [0.15, 0.2) is 0 Å². The Kier molecular flexibility index (Phi) is 3.45. The lowest BCUT2D eigenvalue weighted by molar-refractivity contribution is 0.443. The summed E-state index contributed by atoms with van der Waals surface area (Å²) in [5.74, 6) is 1.40. The first kappa shape index (κ1) is 12.2. The topological polar surface area (TPSA) is 77.7 Å². The highest BCUT2D eigenvalue weighted by atomic mass is 15.3. The van der Waals surface area contributed by atoms with E-state index in [0.717, 1.165) is 25.9 Å². The van der Waals surface area contributed by atoms with Crippen molar-refractivity contribution in [1.29, 1.82) is 5.26 Å². The van der Waals surface area contributed by atoms with Crippen LogP contribution in [0.5, 0.6) is 0 Å². The van der Waals surface area contributed by atoms with Crippen molar-refractivity contribution in [2.75, 3.05) is 23.3 Å². The molecule has 1 saturated heterocycles. The molecule has 0 aromatic carbocycles. The fraction of sp³-hybridized carbons (Fsp3) is 0.692. The Bertz CT molecular complexity index is 484. The molecular formula is C13H18N6. The van der Waals surface area contributed by atoms with E-state index in [-0.39, 0.29) is 5.82 Å². The Morgan fingerprint density at radius 2 is 1.84 bits per heavy atom. The fourth-order valence-corrected chi connectivity index (χ4v) is 2.45. The highest BCUT2D eigenvalue weighted by Crippen LogP contribution is 2.23. The van der Waals surface area contributed by atoms with Crippen molar-refractivity contribution >= 4 is 11.9 Å². The Morgan fingerprint density at radius 1 is 1.05 bits per heavy atom. The van der Waals surface area contributed by atoms with Crippen LogP contribution in [0.3, 0.4) is 0 Å². The van der Waals surface area contributed by atoms with Crippen LogP contribution < -0.4 is 10.2 Å². The Labute approximate surface area is 112 Å². The lowest BCUT2D eigenvalue weighted by Gasteiger charge is -2.28. The highest BCUT2D eigenvalue weighted by molar-refractivity contribution is 5.40. The van der Waals surface area contributed by atoms with Gasteiger partial charge in [0.1, 0.15) is 6.07 Å². The number of aromatic nitrogens is 3. The van der Waals surface area contributed by atoms with Gasteiger partial charge in [-0.1, -0.05) is 0 Å². The molecule has 3 rings (SSSR count). The number of nitriles is 1. The van der Waals surface area contributed by atoms with E-state index in [0.29, 0.717) is 17.9 Å². The van der Waals surface area contributed by atoms with E-state index in [2.05, 4.69) is 25.2 Å². The van der Waals surface area contributed by atoms with Crippen molar-refractivity contribution < 1.29 is 0 Å². The third kappa shape index (κ3) is 2.75. The predicted molar refractivity (Wildman–Crippen MR) is 71.9 cm³/mol. The SMILES string of the molecule is N#Cc1nc(NC2CCC2)nc(N2CCCCC2)n1. The lowest BCUT2D eigenvalue weighted by atomic mass is 9.93. The second-order valence-electron chi connectivity index (χ2n) is 5.21. The summed E-state index contributed by atoms with van der Waals surface area (Å²) in [6.07, 6.45) is 7.17. The lowest BCUT2D eigenvalue weighted by Crippen LogP contribution is -2.32. The molecule has 6 nitrogen and oxygen atoms in total. The summed E-state index contributed by atoms with van der Waals surface area (Å²) in [7, 11) is 0. The van der Waals surface area contributed by atoms with Gasteiger partial charge in [0.2, 0.25) is 17.7 Å². The van der Waals surface area contributed by atoms with E-state index in [4.69, 9.17) is 5.26 Å². The molecule has 2 fully saturated rings. The number of nitrogens with zero attached hydrogens (tertiary/aromatic N) is 5. The molecule has 19 heavy (non-hydrogen) atoms. The quantitative estimate of drug-likeness (QED) is 0.889. The van der Waals surface area contributed by atoms with Crippen LogP contribution in [0.2, 0.25) is 0 Å². The molecule has 1 aliphatic heterocycles. The number of hydrogen-bond acceptors (Lipinski definition) is 6. The smallest absolute Gasteiger partial charge is 0.238 e. The van der Waals surface area contributed by atoms with Crippen LogP contribution in [0.25, 0.3) is 0 Å². The second-order valence-corrected chi connectivity index (χ2v) is 5.21. The van der Waals surface area contributed by atoms with Gasteiger partial charge in [-0.25, -0.2) is 0 Å². The molecule has 6 heteroatoms. The van der Waals surface area contributed by atoms with Gasteiger partial charge in [0.15, 0.2) is 0 Å². The third-order valence-electron chi connectivity index (χ3n) is 3.80. The molecule has 100 valence electrons. The number of hydrogen-bond donors (Lipinski definition) is 1. The van der Waals surface area contributed by atoms with Gasteiger partial charge in [-0.05, 0) is 38.5 Å². The molecular weight excluding hydrogens is 240 g/mol. The van der Waals surface area contributed by atoms with Crippen LogP contribution in [-0.2, 0) is 0 Å². The van der Waals surface area contributed by atoms with E-state index >= 15 is 0 Å². The van der Waals surface area contributed by atoms with Gasteiger partial charge in [-0.3, -0.25) is 0 Å². The summed E-state index contributed by atoms with van der Waals surface area (Å²) in [4.78, 5) is 15.0. The molecule has 2 heterocycles. The van der Waals surface area contributed by atoms with E-state index in [1.807, 2.05) is 6.07 Å². The highest BCUT2D eigenvalue weighted by Gasteiger charge is 2.20. The molecule has 0 spiro atoms. The van der Waals surface area contributed by atoms with Crippen molar-refractivity contribution in [3.63, 3.8) is 0 Å². The maximum Gasteiger partial charge on any atom is 0.238 e. The number of rotatable bonds is 3. The molecule has 0 unspecified atom stereocenters. The molecule has 1 aromatic rings. The molecule has 1 N–H and O–H groups in total. The molecule has 0 radical (unpaired) electrons. The first-order valence-corrected chi connectivity index (χ1v) is 7.03. The molecule has 2 aliphatic rings. The normalized spacial score (nSPS) is 19.6. The number of piperidine rings is 1. The van der Waals surface area contributed by atoms with Crippen molar-refractivity contribution in [3.05, 3.63) is 5.82 Å². The Morgan fingerprint density at radius 3 is 2.47 bits per heavy atom. The van der Waals surface area contributed by atoms with Gasteiger partial charge < -0.3 is 10.2 Å². The van der Waals surface area contributed by atoms with Crippen molar-refractivity contribution in [2.45, 2.75) is 44.6 Å². The summed E-state index contributed by atoms with van der Waals surface area (Å²) in [6, 6.07) is 2.49. The largest absolute Gasteiger partial charge is 0.351 e. The minimum absolute atomic E-state index is 0.206. The van der Waals surface area contributed by atoms with Crippen LogP contribution in [-0.4, -0.2) is 34.1 Å². The summed E-state index contributed by atoms with van der Waals surface area (Å²) in [6.45, 7) is 1.94. The minimum atomic E-state index is 0.206. The summed E-state index contributed by atoms with van der Waals surface area (Å²) < 4.78 is 0. The second kappa shape index (κ2) is 5.39.